The van der Waals surface area contributed by atoms with Crippen molar-refractivity contribution in [1.29, 1.82) is 0 Å². The molecule has 3 heterocycles. The number of unbranched alkanes of at least 4 members (excludes halogenated alkanes) is 1. The van der Waals surface area contributed by atoms with Crippen LogP contribution in [-0.2, 0) is 17.8 Å². The first kappa shape index (κ1) is 17.8. The number of H-pyrrole nitrogens is 1. The van der Waals surface area contributed by atoms with Gasteiger partial charge >= 0.3 is 0 Å². The summed E-state index contributed by atoms with van der Waals surface area (Å²) in [5.74, 6) is 0.622. The lowest BCUT2D eigenvalue weighted by Crippen LogP contribution is -2.38. The van der Waals surface area contributed by atoms with E-state index in [1.165, 1.54) is 18.1 Å². The van der Waals surface area contributed by atoms with Gasteiger partial charge in [0.05, 0.1) is 18.0 Å². The summed E-state index contributed by atoms with van der Waals surface area (Å²) in [7, 11) is 0. The molecule has 2 aromatic rings. The summed E-state index contributed by atoms with van der Waals surface area (Å²) in [5.41, 5.74) is 2.92. The van der Waals surface area contributed by atoms with Gasteiger partial charge in [-0.3, -0.25) is 14.4 Å². The van der Waals surface area contributed by atoms with E-state index in [2.05, 4.69) is 40.0 Å². The average Bonchev–Trinajstić information content (AvgIpc) is 2.92. The summed E-state index contributed by atoms with van der Waals surface area (Å²) in [6, 6.07) is 1.54. The highest BCUT2D eigenvalue weighted by Gasteiger charge is 2.24. The molecule has 1 aliphatic rings. The molecule has 0 bridgehead atoms. The molecule has 1 aliphatic heterocycles. The summed E-state index contributed by atoms with van der Waals surface area (Å²) in [6.45, 7) is 10.1. The average molecular weight is 345 g/mol. The molecule has 1 unspecified atom stereocenters. The number of rotatable bonds is 6. The van der Waals surface area contributed by atoms with E-state index in [-0.39, 0.29) is 11.7 Å². The second-order valence-corrected chi connectivity index (χ2v) is 6.71. The Bertz CT molecular complexity index is 767. The molecule has 0 amide bonds. The van der Waals surface area contributed by atoms with Crippen molar-refractivity contribution in [2.75, 3.05) is 19.7 Å². The van der Waals surface area contributed by atoms with Gasteiger partial charge in [0.2, 0.25) is 0 Å². The van der Waals surface area contributed by atoms with E-state index in [0.29, 0.717) is 18.1 Å². The molecule has 1 atom stereocenters. The van der Waals surface area contributed by atoms with Crippen LogP contribution in [0.1, 0.15) is 48.6 Å². The van der Waals surface area contributed by atoms with Crippen molar-refractivity contribution in [3.63, 3.8) is 0 Å². The third-order valence-electron chi connectivity index (χ3n) is 4.54. The zero-order valence-electron chi connectivity index (χ0n) is 15.3. The van der Waals surface area contributed by atoms with Crippen LogP contribution in [0.3, 0.4) is 0 Å². The fraction of sp³-hybridized carbons (Fsp3) is 0.611. The predicted octanol–water partition coefficient (Wildman–Crippen LogP) is 1.96. The van der Waals surface area contributed by atoms with Crippen molar-refractivity contribution in [2.45, 2.75) is 52.8 Å². The van der Waals surface area contributed by atoms with Gasteiger partial charge in [-0.05, 0) is 20.3 Å². The van der Waals surface area contributed by atoms with Gasteiger partial charge in [-0.25, -0.2) is 4.98 Å². The first-order chi connectivity index (χ1) is 12.0. The molecule has 25 heavy (non-hydrogen) atoms. The molecular weight excluding hydrogens is 318 g/mol. The van der Waals surface area contributed by atoms with Gasteiger partial charge in [-0.1, -0.05) is 13.3 Å². The minimum atomic E-state index is -0.162. The fourth-order valence-corrected chi connectivity index (χ4v) is 3.18. The Kier molecular flexibility index (Phi) is 5.65. The Hall–Kier alpha value is -1.99. The van der Waals surface area contributed by atoms with Gasteiger partial charge in [0.1, 0.15) is 11.9 Å². The van der Waals surface area contributed by atoms with E-state index in [9.17, 15) is 4.79 Å². The first-order valence-corrected chi connectivity index (χ1v) is 9.00. The zero-order valence-corrected chi connectivity index (χ0v) is 15.3. The van der Waals surface area contributed by atoms with Crippen LogP contribution in [0.15, 0.2) is 17.1 Å². The Labute approximate surface area is 148 Å². The highest BCUT2D eigenvalue weighted by Crippen LogP contribution is 2.21. The summed E-state index contributed by atoms with van der Waals surface area (Å²) in [6.07, 6.45) is 4.31. The van der Waals surface area contributed by atoms with Gasteiger partial charge < -0.3 is 9.72 Å². The van der Waals surface area contributed by atoms with Crippen molar-refractivity contribution in [3.8, 4) is 0 Å². The maximum Gasteiger partial charge on any atom is 0.251 e. The van der Waals surface area contributed by atoms with Crippen molar-refractivity contribution in [2.24, 2.45) is 0 Å². The number of nitrogens with one attached hydrogen (secondary N) is 1. The monoisotopic (exact) mass is 345 g/mol. The van der Waals surface area contributed by atoms with E-state index in [1.54, 1.807) is 6.92 Å². The molecule has 2 aromatic heterocycles. The maximum atomic E-state index is 11.7. The predicted molar refractivity (Wildman–Crippen MR) is 95.4 cm³/mol. The highest BCUT2D eigenvalue weighted by atomic mass is 16.5. The molecule has 0 aliphatic carbocycles. The van der Waals surface area contributed by atoms with E-state index in [0.717, 1.165) is 38.3 Å². The molecule has 0 saturated carbocycles. The van der Waals surface area contributed by atoms with Gasteiger partial charge in [-0.2, -0.15) is 5.10 Å². The number of aromatic nitrogens is 4. The highest BCUT2D eigenvalue weighted by molar-refractivity contribution is 5.16. The van der Waals surface area contributed by atoms with Crippen molar-refractivity contribution >= 4 is 0 Å². The van der Waals surface area contributed by atoms with E-state index in [1.807, 2.05) is 4.68 Å². The SMILES string of the molecule is CCCCn1cc(CN2CCOC(c3cc(=O)[nH]c(C)n3)C2)c(C)n1. The lowest BCUT2D eigenvalue weighted by atomic mass is 10.1. The van der Waals surface area contributed by atoms with Crippen LogP contribution in [-0.4, -0.2) is 44.3 Å². The normalized spacial score (nSPS) is 18.6. The maximum absolute atomic E-state index is 11.7. The number of aryl methyl sites for hydroxylation is 3. The largest absolute Gasteiger partial charge is 0.369 e. The number of hydrogen-bond acceptors (Lipinski definition) is 5. The van der Waals surface area contributed by atoms with Crippen LogP contribution < -0.4 is 5.56 Å². The molecular formula is C18H27N5O2. The molecule has 136 valence electrons. The smallest absolute Gasteiger partial charge is 0.251 e. The summed E-state index contributed by atoms with van der Waals surface area (Å²) < 4.78 is 7.90. The fourth-order valence-electron chi connectivity index (χ4n) is 3.18. The van der Waals surface area contributed by atoms with Crippen LogP contribution in [0.4, 0.5) is 0 Å². The Balaban J connectivity index is 1.67. The molecule has 0 aromatic carbocycles. The van der Waals surface area contributed by atoms with Gasteiger partial charge in [0.25, 0.3) is 5.56 Å². The Morgan fingerprint density at radius 3 is 3.00 bits per heavy atom. The topological polar surface area (TPSA) is 76.0 Å². The van der Waals surface area contributed by atoms with Gasteiger partial charge in [0.15, 0.2) is 0 Å². The lowest BCUT2D eigenvalue weighted by molar-refractivity contribution is -0.0352. The molecule has 1 fully saturated rings. The van der Waals surface area contributed by atoms with E-state index < -0.39 is 0 Å². The zero-order chi connectivity index (χ0) is 17.8. The Morgan fingerprint density at radius 2 is 2.24 bits per heavy atom. The first-order valence-electron chi connectivity index (χ1n) is 9.00. The quantitative estimate of drug-likeness (QED) is 0.866. The van der Waals surface area contributed by atoms with Gasteiger partial charge in [-0.15, -0.1) is 0 Å². The van der Waals surface area contributed by atoms with Crippen molar-refractivity contribution in [3.05, 3.63) is 45.4 Å². The molecule has 1 saturated heterocycles. The molecule has 7 nitrogen and oxygen atoms in total. The third-order valence-corrected chi connectivity index (χ3v) is 4.54. The number of morpholine rings is 1. The van der Waals surface area contributed by atoms with Gasteiger partial charge in [0, 0.05) is 44.0 Å². The summed E-state index contributed by atoms with van der Waals surface area (Å²) in [5, 5.41) is 4.61. The standard InChI is InChI=1S/C18H27N5O2/c1-4-5-6-23-11-15(13(2)21-23)10-22-7-8-25-17(12-22)16-9-18(24)20-14(3)19-16/h9,11,17H,4-8,10,12H2,1-3H3,(H,19,20,24). The molecule has 0 spiro atoms. The Morgan fingerprint density at radius 1 is 1.40 bits per heavy atom. The minimum absolute atomic E-state index is 0.128. The number of hydrogen-bond donors (Lipinski definition) is 1. The third kappa shape index (κ3) is 4.55. The van der Waals surface area contributed by atoms with Crippen LogP contribution in [0, 0.1) is 13.8 Å². The van der Waals surface area contributed by atoms with Crippen molar-refractivity contribution < 1.29 is 4.74 Å². The van der Waals surface area contributed by atoms with Crippen LogP contribution in [0.5, 0.6) is 0 Å². The number of ether oxygens (including phenoxy) is 1. The van der Waals surface area contributed by atoms with Crippen LogP contribution >= 0.6 is 0 Å². The molecule has 3 rings (SSSR count). The van der Waals surface area contributed by atoms with E-state index in [4.69, 9.17) is 4.74 Å². The van der Waals surface area contributed by atoms with Crippen LogP contribution in [0.25, 0.3) is 0 Å². The number of nitrogens with zero attached hydrogens (tertiary/aromatic N) is 4. The minimum Gasteiger partial charge on any atom is -0.369 e. The second kappa shape index (κ2) is 7.93. The van der Waals surface area contributed by atoms with E-state index >= 15 is 0 Å². The summed E-state index contributed by atoms with van der Waals surface area (Å²) >= 11 is 0. The molecule has 1 N–H and O–H groups in total. The molecule has 0 radical (unpaired) electrons. The second-order valence-electron chi connectivity index (χ2n) is 6.71. The number of aromatic amines is 1. The van der Waals surface area contributed by atoms with Crippen LogP contribution in [0.2, 0.25) is 0 Å². The lowest BCUT2D eigenvalue weighted by Gasteiger charge is -2.32. The van der Waals surface area contributed by atoms with Crippen molar-refractivity contribution in [1.82, 2.24) is 24.6 Å². The molecule has 7 heteroatoms. The summed E-state index contributed by atoms with van der Waals surface area (Å²) in [4.78, 5) is 21.1.